The normalized spacial score (nSPS) is 14.7. The topological polar surface area (TPSA) is 110 Å². The first-order valence-corrected chi connectivity index (χ1v) is 6.35. The molecule has 2 rings (SSSR count). The number of hydrogen-bond donors (Lipinski definition) is 1. The molecule has 1 aromatic rings. The Kier molecular flexibility index (Phi) is 4.14. The van der Waals surface area contributed by atoms with Gasteiger partial charge in [-0.25, -0.2) is 0 Å². The zero-order chi connectivity index (χ0) is 14.7. The molecule has 1 N–H and O–H groups in total. The van der Waals surface area contributed by atoms with Crippen molar-refractivity contribution in [2.45, 2.75) is 25.3 Å². The van der Waals surface area contributed by atoms with E-state index in [2.05, 4.69) is 0 Å². The van der Waals surface area contributed by atoms with Crippen LogP contribution in [0.3, 0.4) is 0 Å². The molecule has 1 aromatic carbocycles. The molecule has 0 unspecified atom stereocenters. The van der Waals surface area contributed by atoms with Gasteiger partial charge in [-0.15, -0.1) is 0 Å². The van der Waals surface area contributed by atoms with Crippen LogP contribution in [0.5, 0.6) is 0 Å². The van der Waals surface area contributed by atoms with Gasteiger partial charge in [-0.05, 0) is 25.3 Å². The number of hydrogen-bond acceptors (Lipinski definition) is 6. The summed E-state index contributed by atoms with van der Waals surface area (Å²) >= 11 is 0. The monoisotopic (exact) mass is 281 g/mol. The second-order valence-corrected chi connectivity index (χ2v) is 4.69. The number of rotatable bonds is 6. The molecule has 0 aromatic heterocycles. The molecule has 0 aliphatic heterocycles. The van der Waals surface area contributed by atoms with E-state index >= 15 is 0 Å². The van der Waals surface area contributed by atoms with E-state index in [4.69, 9.17) is 5.11 Å². The molecule has 1 saturated carbocycles. The summed E-state index contributed by atoms with van der Waals surface area (Å²) in [5.41, 5.74) is -0.267. The number of anilines is 1. The summed E-state index contributed by atoms with van der Waals surface area (Å²) in [5.74, 6) is 0. The van der Waals surface area contributed by atoms with E-state index < -0.39 is 9.85 Å². The molecular weight excluding hydrogens is 266 g/mol. The van der Waals surface area contributed by atoms with Crippen molar-refractivity contribution in [1.29, 1.82) is 0 Å². The Morgan fingerprint density at radius 1 is 1.25 bits per heavy atom. The van der Waals surface area contributed by atoms with E-state index in [0.717, 1.165) is 25.3 Å². The number of nitro groups is 2. The first-order chi connectivity index (χ1) is 9.54. The minimum absolute atomic E-state index is 0.120. The highest BCUT2D eigenvalue weighted by Gasteiger charge is 2.30. The molecule has 0 heterocycles. The van der Waals surface area contributed by atoms with Crippen molar-refractivity contribution in [3.8, 4) is 0 Å². The Bertz CT molecular complexity index is 530. The maximum atomic E-state index is 11.1. The highest BCUT2D eigenvalue weighted by Crippen LogP contribution is 2.37. The van der Waals surface area contributed by atoms with E-state index in [1.54, 1.807) is 4.90 Å². The summed E-state index contributed by atoms with van der Waals surface area (Å²) < 4.78 is 0. The van der Waals surface area contributed by atoms with Crippen LogP contribution < -0.4 is 4.90 Å². The largest absolute Gasteiger partial charge is 0.395 e. The van der Waals surface area contributed by atoms with Gasteiger partial charge < -0.3 is 10.0 Å². The number of nitrogens with zero attached hydrogens (tertiary/aromatic N) is 3. The van der Waals surface area contributed by atoms with Gasteiger partial charge in [0.15, 0.2) is 0 Å². The van der Waals surface area contributed by atoms with Crippen LogP contribution in [-0.4, -0.2) is 34.1 Å². The van der Waals surface area contributed by atoms with Gasteiger partial charge in [0, 0.05) is 18.7 Å². The van der Waals surface area contributed by atoms with Crippen LogP contribution in [0.4, 0.5) is 17.1 Å². The Labute approximate surface area is 114 Å². The molecule has 0 saturated heterocycles. The molecule has 1 fully saturated rings. The van der Waals surface area contributed by atoms with Gasteiger partial charge in [0.05, 0.1) is 22.5 Å². The maximum absolute atomic E-state index is 11.1. The van der Waals surface area contributed by atoms with Gasteiger partial charge in [0.1, 0.15) is 5.69 Å². The van der Waals surface area contributed by atoms with Crippen molar-refractivity contribution in [2.75, 3.05) is 18.1 Å². The second-order valence-electron chi connectivity index (χ2n) is 4.69. The highest BCUT2D eigenvalue weighted by molar-refractivity contribution is 5.67. The number of benzene rings is 1. The Morgan fingerprint density at radius 2 is 1.95 bits per heavy atom. The molecule has 1 aliphatic carbocycles. The molecule has 1 aliphatic rings. The van der Waals surface area contributed by atoms with E-state index in [0.29, 0.717) is 5.69 Å². The SMILES string of the molecule is O=[N+]([O-])c1ccc(N(CCO)C2CCC2)c([N+](=O)[O-])c1. The van der Waals surface area contributed by atoms with Crippen molar-refractivity contribution >= 4 is 17.1 Å². The lowest BCUT2D eigenvalue weighted by atomic mass is 9.91. The van der Waals surface area contributed by atoms with Gasteiger partial charge in [-0.1, -0.05) is 0 Å². The summed E-state index contributed by atoms with van der Waals surface area (Å²) in [6.07, 6.45) is 2.87. The fourth-order valence-electron chi connectivity index (χ4n) is 2.32. The Morgan fingerprint density at radius 3 is 2.40 bits per heavy atom. The smallest absolute Gasteiger partial charge is 0.299 e. The number of non-ortho nitro benzene ring substituents is 1. The predicted molar refractivity (Wildman–Crippen MR) is 71.8 cm³/mol. The fourth-order valence-corrected chi connectivity index (χ4v) is 2.32. The summed E-state index contributed by atoms with van der Waals surface area (Å²) in [6.45, 7) is 0.161. The van der Waals surface area contributed by atoms with Crippen LogP contribution in [0.25, 0.3) is 0 Å². The zero-order valence-corrected chi connectivity index (χ0v) is 10.8. The minimum Gasteiger partial charge on any atom is -0.395 e. The lowest BCUT2D eigenvalue weighted by molar-refractivity contribution is -0.393. The molecule has 0 radical (unpaired) electrons. The van der Waals surface area contributed by atoms with E-state index in [9.17, 15) is 20.2 Å². The van der Waals surface area contributed by atoms with Gasteiger partial charge in [0.25, 0.3) is 11.4 Å². The quantitative estimate of drug-likeness (QED) is 0.629. The highest BCUT2D eigenvalue weighted by atomic mass is 16.6. The van der Waals surface area contributed by atoms with Crippen LogP contribution >= 0.6 is 0 Å². The molecule has 108 valence electrons. The number of aliphatic hydroxyl groups excluding tert-OH is 1. The minimum atomic E-state index is -0.656. The Hall–Kier alpha value is -2.22. The van der Waals surface area contributed by atoms with Crippen LogP contribution in [-0.2, 0) is 0 Å². The third kappa shape index (κ3) is 2.69. The van der Waals surface area contributed by atoms with Crippen molar-refractivity contribution in [2.24, 2.45) is 0 Å². The number of nitro benzene ring substituents is 2. The molecular formula is C12H15N3O5. The maximum Gasteiger partial charge on any atom is 0.299 e. The molecule has 0 amide bonds. The summed E-state index contributed by atoms with van der Waals surface area (Å²) in [6, 6.07) is 3.77. The Balaban J connectivity index is 2.41. The van der Waals surface area contributed by atoms with Crippen molar-refractivity contribution in [1.82, 2.24) is 0 Å². The molecule has 8 nitrogen and oxygen atoms in total. The van der Waals surface area contributed by atoms with Crippen LogP contribution in [0.15, 0.2) is 18.2 Å². The van der Waals surface area contributed by atoms with Crippen molar-refractivity contribution in [3.05, 3.63) is 38.4 Å². The molecule has 0 bridgehead atoms. The van der Waals surface area contributed by atoms with Gasteiger partial charge in [-0.2, -0.15) is 0 Å². The van der Waals surface area contributed by atoms with Crippen molar-refractivity contribution < 1.29 is 15.0 Å². The predicted octanol–water partition coefficient (Wildman–Crippen LogP) is 1.85. The van der Waals surface area contributed by atoms with Crippen LogP contribution in [0, 0.1) is 20.2 Å². The third-order valence-corrected chi connectivity index (χ3v) is 3.53. The average Bonchev–Trinajstić information content (AvgIpc) is 2.35. The number of aliphatic hydroxyl groups is 1. The molecule has 0 atom stereocenters. The van der Waals surface area contributed by atoms with E-state index in [1.165, 1.54) is 12.1 Å². The van der Waals surface area contributed by atoms with E-state index in [-0.39, 0.29) is 30.6 Å². The molecule has 0 spiro atoms. The lowest BCUT2D eigenvalue weighted by Gasteiger charge is -2.38. The first-order valence-electron chi connectivity index (χ1n) is 6.35. The molecule has 8 heteroatoms. The standard InChI is InChI=1S/C12H15N3O5/c16-7-6-13(9-2-1-3-9)11-5-4-10(14(17)18)8-12(11)15(19)20/h4-5,8-9,16H,1-3,6-7H2. The molecule has 20 heavy (non-hydrogen) atoms. The van der Waals surface area contributed by atoms with Crippen LogP contribution in [0.2, 0.25) is 0 Å². The van der Waals surface area contributed by atoms with Gasteiger partial charge in [-0.3, -0.25) is 20.2 Å². The summed E-state index contributed by atoms with van der Waals surface area (Å²) in [4.78, 5) is 22.3. The van der Waals surface area contributed by atoms with Crippen LogP contribution in [0.1, 0.15) is 19.3 Å². The van der Waals surface area contributed by atoms with Gasteiger partial charge >= 0.3 is 0 Å². The fraction of sp³-hybridized carbons (Fsp3) is 0.500. The van der Waals surface area contributed by atoms with Gasteiger partial charge in [0.2, 0.25) is 0 Å². The summed E-state index contributed by atoms with van der Waals surface area (Å²) in [5, 5.41) is 31.0. The third-order valence-electron chi connectivity index (χ3n) is 3.53. The average molecular weight is 281 g/mol. The summed E-state index contributed by atoms with van der Waals surface area (Å²) in [7, 11) is 0. The van der Waals surface area contributed by atoms with E-state index in [1.807, 2.05) is 0 Å². The van der Waals surface area contributed by atoms with Crippen molar-refractivity contribution in [3.63, 3.8) is 0 Å². The first kappa shape index (κ1) is 14.2. The lowest BCUT2D eigenvalue weighted by Crippen LogP contribution is -2.42. The zero-order valence-electron chi connectivity index (χ0n) is 10.8. The second kappa shape index (κ2) is 5.83.